The number of hydrogen-bond acceptors (Lipinski definition) is 4. The van der Waals surface area contributed by atoms with Crippen LogP contribution in [-0.2, 0) is 21.2 Å². The van der Waals surface area contributed by atoms with Gasteiger partial charge in [0.05, 0.1) is 7.11 Å². The molecule has 0 radical (unpaired) electrons. The van der Waals surface area contributed by atoms with E-state index in [9.17, 15) is 13.2 Å². The molecule has 2 aromatic carbocycles. The second-order valence-corrected chi connectivity index (χ2v) is 10.7. The van der Waals surface area contributed by atoms with Crippen molar-refractivity contribution >= 4 is 27.3 Å². The van der Waals surface area contributed by atoms with Gasteiger partial charge in [-0.1, -0.05) is 26.8 Å². The van der Waals surface area contributed by atoms with Crippen molar-refractivity contribution in [3.05, 3.63) is 47.5 Å². The van der Waals surface area contributed by atoms with Crippen LogP contribution in [0.25, 0.3) is 0 Å². The second kappa shape index (κ2) is 7.30. The highest BCUT2D eigenvalue weighted by molar-refractivity contribution is 7.92. The summed E-state index contributed by atoms with van der Waals surface area (Å²) in [5.74, 6) is 0.836. The zero-order chi connectivity index (χ0) is 21.7. The summed E-state index contributed by atoms with van der Waals surface area (Å²) in [6.45, 7) is 6.32. The van der Waals surface area contributed by atoms with Gasteiger partial charge in [-0.2, -0.15) is 0 Å². The minimum absolute atomic E-state index is 0.0659. The molecule has 160 valence electrons. The normalized spacial score (nSPS) is 16.3. The molecule has 0 bridgehead atoms. The summed E-state index contributed by atoms with van der Waals surface area (Å²) in [5.41, 5.74) is 2.86. The minimum atomic E-state index is -3.81. The molecule has 0 spiro atoms. The summed E-state index contributed by atoms with van der Waals surface area (Å²) >= 11 is 0. The van der Waals surface area contributed by atoms with E-state index in [-0.39, 0.29) is 10.8 Å². The molecular weight excluding hydrogens is 400 g/mol. The lowest BCUT2D eigenvalue weighted by Crippen LogP contribution is -2.38. The van der Waals surface area contributed by atoms with Gasteiger partial charge in [0.2, 0.25) is 5.91 Å². The molecular formula is C23H28N2O4S. The fraction of sp³-hybridized carbons (Fsp3) is 0.435. The minimum Gasteiger partial charge on any atom is -0.495 e. The molecule has 1 heterocycles. The van der Waals surface area contributed by atoms with E-state index >= 15 is 0 Å². The van der Waals surface area contributed by atoms with Crippen LogP contribution < -0.4 is 14.4 Å². The topological polar surface area (TPSA) is 75.7 Å². The molecule has 0 unspecified atom stereocenters. The molecule has 2 aliphatic rings. The SMILES string of the molecule is COc1ccc(C2CC2)cc1S(=O)(=O)Nc1ccc2c(c1)CCN2C(=O)C(C)(C)C. The maximum absolute atomic E-state index is 13.1. The lowest BCUT2D eigenvalue weighted by atomic mass is 9.94. The average Bonchev–Trinajstić information content (AvgIpc) is 3.46. The number of ether oxygens (including phenoxy) is 1. The maximum atomic E-state index is 13.1. The van der Waals surface area contributed by atoms with Gasteiger partial charge in [0.1, 0.15) is 10.6 Å². The number of hydrogen-bond donors (Lipinski definition) is 1. The first-order valence-electron chi connectivity index (χ1n) is 10.3. The number of methoxy groups -OCH3 is 1. The molecule has 30 heavy (non-hydrogen) atoms. The highest BCUT2D eigenvalue weighted by Gasteiger charge is 2.33. The summed E-state index contributed by atoms with van der Waals surface area (Å²) < 4.78 is 34.2. The van der Waals surface area contributed by atoms with Gasteiger partial charge in [-0.05, 0) is 66.6 Å². The number of nitrogens with zero attached hydrogens (tertiary/aromatic N) is 1. The van der Waals surface area contributed by atoms with E-state index in [1.54, 1.807) is 23.1 Å². The first-order chi connectivity index (χ1) is 14.1. The van der Waals surface area contributed by atoms with Crippen molar-refractivity contribution in [3.8, 4) is 5.75 Å². The second-order valence-electron chi connectivity index (χ2n) is 9.09. The molecule has 0 saturated heterocycles. The molecule has 1 fully saturated rings. The van der Waals surface area contributed by atoms with E-state index < -0.39 is 15.4 Å². The fourth-order valence-electron chi connectivity index (χ4n) is 3.87. The van der Waals surface area contributed by atoms with Crippen molar-refractivity contribution < 1.29 is 17.9 Å². The van der Waals surface area contributed by atoms with Crippen molar-refractivity contribution in [3.63, 3.8) is 0 Å². The van der Waals surface area contributed by atoms with Crippen molar-refractivity contribution in [1.82, 2.24) is 0 Å². The lowest BCUT2D eigenvalue weighted by molar-refractivity contribution is -0.125. The highest BCUT2D eigenvalue weighted by Crippen LogP contribution is 2.42. The van der Waals surface area contributed by atoms with Crippen molar-refractivity contribution in [1.29, 1.82) is 0 Å². The predicted octanol–water partition coefficient (Wildman–Crippen LogP) is 4.31. The van der Waals surface area contributed by atoms with Crippen LogP contribution in [0.4, 0.5) is 11.4 Å². The van der Waals surface area contributed by atoms with E-state index in [0.717, 1.165) is 29.7 Å². The van der Waals surface area contributed by atoms with Gasteiger partial charge in [-0.25, -0.2) is 8.42 Å². The molecule has 1 saturated carbocycles. The number of anilines is 2. The van der Waals surface area contributed by atoms with Crippen LogP contribution in [0.1, 0.15) is 50.7 Å². The Kier molecular flexibility index (Phi) is 5.04. The first-order valence-corrected chi connectivity index (χ1v) is 11.7. The molecule has 7 heteroatoms. The quantitative estimate of drug-likeness (QED) is 0.770. The summed E-state index contributed by atoms with van der Waals surface area (Å²) in [6.07, 6.45) is 2.88. The zero-order valence-electron chi connectivity index (χ0n) is 17.9. The van der Waals surface area contributed by atoms with Gasteiger partial charge < -0.3 is 9.64 Å². The Morgan fingerprint density at radius 1 is 1.13 bits per heavy atom. The Hall–Kier alpha value is -2.54. The Morgan fingerprint density at radius 3 is 2.50 bits per heavy atom. The monoisotopic (exact) mass is 428 g/mol. The maximum Gasteiger partial charge on any atom is 0.265 e. The van der Waals surface area contributed by atoms with Gasteiger partial charge in [-0.15, -0.1) is 0 Å². The van der Waals surface area contributed by atoms with Gasteiger partial charge in [0, 0.05) is 23.3 Å². The largest absolute Gasteiger partial charge is 0.495 e. The van der Waals surface area contributed by atoms with Crippen LogP contribution in [0.2, 0.25) is 0 Å². The molecule has 1 N–H and O–H groups in total. The van der Waals surface area contributed by atoms with Crippen LogP contribution in [-0.4, -0.2) is 28.0 Å². The van der Waals surface area contributed by atoms with Gasteiger partial charge in [-0.3, -0.25) is 9.52 Å². The summed E-state index contributed by atoms with van der Waals surface area (Å²) in [7, 11) is -2.34. The number of nitrogens with one attached hydrogen (secondary N) is 1. The summed E-state index contributed by atoms with van der Waals surface area (Å²) in [4.78, 5) is 14.6. The number of sulfonamides is 1. The third-order valence-electron chi connectivity index (χ3n) is 5.64. The number of carbonyl (C=O) groups excluding carboxylic acids is 1. The van der Waals surface area contributed by atoms with Gasteiger partial charge >= 0.3 is 0 Å². The molecule has 1 aliphatic carbocycles. The molecule has 0 atom stereocenters. The highest BCUT2D eigenvalue weighted by atomic mass is 32.2. The molecule has 1 amide bonds. The first kappa shape index (κ1) is 20.7. The number of fused-ring (bicyclic) bond motifs is 1. The Balaban J connectivity index is 1.61. The average molecular weight is 429 g/mol. The van der Waals surface area contributed by atoms with Crippen LogP contribution in [0.3, 0.4) is 0 Å². The van der Waals surface area contributed by atoms with Crippen molar-refractivity contribution in [2.24, 2.45) is 5.41 Å². The van der Waals surface area contributed by atoms with E-state index in [2.05, 4.69) is 4.72 Å². The van der Waals surface area contributed by atoms with E-state index in [4.69, 9.17) is 4.74 Å². The third kappa shape index (κ3) is 3.90. The fourth-order valence-corrected chi connectivity index (χ4v) is 5.12. The van der Waals surface area contributed by atoms with Crippen LogP contribution in [0, 0.1) is 5.41 Å². The zero-order valence-corrected chi connectivity index (χ0v) is 18.7. The van der Waals surface area contributed by atoms with E-state index in [1.807, 2.05) is 39.0 Å². The van der Waals surface area contributed by atoms with Crippen LogP contribution in [0.5, 0.6) is 5.75 Å². The smallest absolute Gasteiger partial charge is 0.265 e. The van der Waals surface area contributed by atoms with Crippen molar-refractivity contribution in [2.45, 2.75) is 50.8 Å². The van der Waals surface area contributed by atoms with E-state index in [1.165, 1.54) is 7.11 Å². The standard InChI is InChI=1S/C23H28N2O4S/c1-23(2,3)22(26)25-12-11-17-13-18(8-9-19(17)25)24-30(27,28)21-14-16(15-5-6-15)7-10-20(21)29-4/h7-10,13-15,24H,5-6,11-12H2,1-4H3. The summed E-state index contributed by atoms with van der Waals surface area (Å²) in [5, 5.41) is 0. The Labute approximate surface area is 178 Å². The molecule has 6 nitrogen and oxygen atoms in total. The summed E-state index contributed by atoms with van der Waals surface area (Å²) in [6, 6.07) is 10.7. The Morgan fingerprint density at radius 2 is 1.87 bits per heavy atom. The molecule has 2 aromatic rings. The van der Waals surface area contributed by atoms with Crippen molar-refractivity contribution in [2.75, 3.05) is 23.3 Å². The molecule has 0 aromatic heterocycles. The van der Waals surface area contributed by atoms with Gasteiger partial charge in [0.15, 0.2) is 0 Å². The van der Waals surface area contributed by atoms with Gasteiger partial charge in [0.25, 0.3) is 10.0 Å². The third-order valence-corrected chi connectivity index (χ3v) is 7.04. The van der Waals surface area contributed by atoms with Crippen LogP contribution >= 0.6 is 0 Å². The number of benzene rings is 2. The van der Waals surface area contributed by atoms with E-state index in [0.29, 0.717) is 30.3 Å². The number of carbonyl (C=O) groups is 1. The Bertz CT molecular complexity index is 1100. The molecule has 4 rings (SSSR count). The van der Waals surface area contributed by atoms with Crippen LogP contribution in [0.15, 0.2) is 41.3 Å². The molecule has 1 aliphatic heterocycles. The number of rotatable bonds is 5. The lowest BCUT2D eigenvalue weighted by Gasteiger charge is -2.26. The predicted molar refractivity (Wildman–Crippen MR) is 118 cm³/mol. The number of amides is 1.